The fourth-order valence-electron chi connectivity index (χ4n) is 4.92. The average Bonchev–Trinajstić information content (AvgIpc) is 3.37. The second kappa shape index (κ2) is 8.13. The molecule has 0 unspecified atom stereocenters. The number of anilines is 2. The van der Waals surface area contributed by atoms with E-state index in [-0.39, 0.29) is 10.9 Å². The molecule has 2 aliphatic heterocycles. The third-order valence-electron chi connectivity index (χ3n) is 6.43. The molecule has 6 rings (SSSR count). The Labute approximate surface area is 206 Å². The van der Waals surface area contributed by atoms with Gasteiger partial charge in [0.2, 0.25) is 5.91 Å². The predicted octanol–water partition coefficient (Wildman–Crippen LogP) is 6.20. The van der Waals surface area contributed by atoms with Gasteiger partial charge in [-0.1, -0.05) is 83.9 Å². The number of amides is 2. The van der Waals surface area contributed by atoms with Gasteiger partial charge in [0.15, 0.2) is 6.10 Å². The Hall–Kier alpha value is -3.38. The number of hydrogen-bond acceptors (Lipinski definition) is 4. The summed E-state index contributed by atoms with van der Waals surface area (Å²) < 4.78 is 0. The second-order valence-electron chi connectivity index (χ2n) is 8.34. The van der Waals surface area contributed by atoms with Crippen LogP contribution < -0.4 is 9.96 Å². The zero-order valence-corrected chi connectivity index (χ0v) is 19.3. The number of nitrogens with zero attached hydrogens (tertiary/aromatic N) is 2. The fraction of sp³-hybridized carbons (Fsp3) is 0.111. The van der Waals surface area contributed by atoms with Crippen molar-refractivity contribution in [2.75, 3.05) is 9.96 Å². The molecule has 34 heavy (non-hydrogen) atoms. The largest absolute Gasteiger partial charge is 0.273 e. The monoisotopic (exact) mass is 488 g/mol. The van der Waals surface area contributed by atoms with Crippen LogP contribution in [0.15, 0.2) is 91.0 Å². The van der Waals surface area contributed by atoms with Gasteiger partial charge >= 0.3 is 0 Å². The topological polar surface area (TPSA) is 49.9 Å². The van der Waals surface area contributed by atoms with Gasteiger partial charge in [-0.3, -0.25) is 14.4 Å². The maximum atomic E-state index is 13.8. The number of carbonyl (C=O) groups is 2. The first kappa shape index (κ1) is 21.2. The van der Waals surface area contributed by atoms with Crippen LogP contribution in [-0.2, 0) is 14.4 Å². The Balaban J connectivity index is 1.50. The van der Waals surface area contributed by atoms with Crippen molar-refractivity contribution in [2.24, 2.45) is 5.92 Å². The SMILES string of the molecule is O=C1[C@H]2[C@H](ON(c3ccccc3)[C@H]2c2cccc3ccccc23)C(=O)N1c1ccc(Cl)c(Cl)c1. The summed E-state index contributed by atoms with van der Waals surface area (Å²) in [5.74, 6) is -1.48. The quantitative estimate of drug-likeness (QED) is 0.322. The second-order valence-corrected chi connectivity index (χ2v) is 9.15. The Kier molecular flexibility index (Phi) is 5.06. The van der Waals surface area contributed by atoms with Crippen molar-refractivity contribution >= 4 is 57.2 Å². The zero-order valence-electron chi connectivity index (χ0n) is 17.8. The number of hydroxylamine groups is 1. The van der Waals surface area contributed by atoms with Gasteiger partial charge < -0.3 is 0 Å². The Morgan fingerprint density at radius 2 is 1.44 bits per heavy atom. The molecule has 2 aliphatic rings. The number of halogens is 2. The van der Waals surface area contributed by atoms with Gasteiger partial charge in [-0.05, 0) is 46.7 Å². The summed E-state index contributed by atoms with van der Waals surface area (Å²) >= 11 is 12.2. The maximum absolute atomic E-state index is 13.8. The maximum Gasteiger partial charge on any atom is 0.266 e. The van der Waals surface area contributed by atoms with Crippen molar-refractivity contribution in [2.45, 2.75) is 12.1 Å². The van der Waals surface area contributed by atoms with Gasteiger partial charge in [0, 0.05) is 0 Å². The fourth-order valence-corrected chi connectivity index (χ4v) is 5.21. The molecule has 5 nitrogen and oxygen atoms in total. The van der Waals surface area contributed by atoms with E-state index in [0.717, 1.165) is 26.9 Å². The number of para-hydroxylation sites is 1. The van der Waals surface area contributed by atoms with E-state index in [1.54, 1.807) is 17.2 Å². The van der Waals surface area contributed by atoms with E-state index in [9.17, 15) is 9.59 Å². The molecule has 168 valence electrons. The molecule has 0 spiro atoms. The minimum atomic E-state index is -0.953. The van der Waals surface area contributed by atoms with E-state index < -0.39 is 24.0 Å². The van der Waals surface area contributed by atoms with Crippen LogP contribution in [0.4, 0.5) is 11.4 Å². The Morgan fingerprint density at radius 1 is 0.706 bits per heavy atom. The van der Waals surface area contributed by atoms with E-state index in [4.69, 9.17) is 28.0 Å². The summed E-state index contributed by atoms with van der Waals surface area (Å²) in [5.41, 5.74) is 2.08. The van der Waals surface area contributed by atoms with Crippen LogP contribution in [0, 0.1) is 5.92 Å². The van der Waals surface area contributed by atoms with Gasteiger partial charge in [0.1, 0.15) is 5.92 Å². The van der Waals surface area contributed by atoms with E-state index >= 15 is 0 Å². The molecular weight excluding hydrogens is 471 g/mol. The van der Waals surface area contributed by atoms with Crippen LogP contribution in [0.3, 0.4) is 0 Å². The van der Waals surface area contributed by atoms with E-state index in [1.807, 2.05) is 72.8 Å². The van der Waals surface area contributed by atoms with Crippen LogP contribution in [0.5, 0.6) is 0 Å². The summed E-state index contributed by atoms with van der Waals surface area (Å²) in [5, 5.41) is 4.39. The lowest BCUT2D eigenvalue weighted by Gasteiger charge is -2.29. The van der Waals surface area contributed by atoms with Crippen molar-refractivity contribution < 1.29 is 14.4 Å². The van der Waals surface area contributed by atoms with Crippen molar-refractivity contribution in [1.82, 2.24) is 0 Å². The minimum Gasteiger partial charge on any atom is -0.273 e. The molecule has 0 aromatic heterocycles. The average molecular weight is 489 g/mol. The molecule has 7 heteroatoms. The molecule has 2 heterocycles. The first-order valence-corrected chi connectivity index (χ1v) is 11.6. The Morgan fingerprint density at radius 3 is 2.24 bits per heavy atom. The number of carbonyl (C=O) groups excluding carboxylic acids is 2. The van der Waals surface area contributed by atoms with Crippen LogP contribution >= 0.6 is 23.2 Å². The zero-order chi connectivity index (χ0) is 23.4. The molecule has 0 bridgehead atoms. The highest BCUT2D eigenvalue weighted by molar-refractivity contribution is 6.42. The highest BCUT2D eigenvalue weighted by atomic mass is 35.5. The molecule has 0 N–H and O–H groups in total. The lowest BCUT2D eigenvalue weighted by molar-refractivity contribution is -0.126. The molecule has 2 saturated heterocycles. The molecule has 0 aliphatic carbocycles. The molecule has 4 aromatic carbocycles. The lowest BCUT2D eigenvalue weighted by atomic mass is 9.87. The van der Waals surface area contributed by atoms with Crippen LogP contribution in [0.25, 0.3) is 10.8 Å². The smallest absolute Gasteiger partial charge is 0.266 e. The van der Waals surface area contributed by atoms with Crippen molar-refractivity contribution in [3.63, 3.8) is 0 Å². The highest BCUT2D eigenvalue weighted by Gasteiger charge is 2.60. The Bertz CT molecular complexity index is 1440. The predicted molar refractivity (Wildman–Crippen MR) is 133 cm³/mol. The molecule has 2 amide bonds. The molecule has 4 aromatic rings. The number of benzene rings is 4. The van der Waals surface area contributed by atoms with E-state index in [1.165, 1.54) is 6.07 Å². The van der Waals surface area contributed by atoms with Crippen molar-refractivity contribution in [1.29, 1.82) is 0 Å². The van der Waals surface area contributed by atoms with Gasteiger partial charge in [-0.2, -0.15) is 0 Å². The molecule has 0 saturated carbocycles. The number of fused-ring (bicyclic) bond motifs is 2. The normalized spacial score (nSPS) is 22.0. The standard InChI is InChI=1S/C27H18Cl2N2O3/c28-21-14-13-18(15-22(21)29)30-26(32)23-24(20-12-6-8-16-7-4-5-11-19(16)20)31(34-25(23)27(30)33)17-9-2-1-3-10-17/h1-15,23-25H/t23-,24+,25+/m1/s1. The van der Waals surface area contributed by atoms with Gasteiger partial charge in [-0.15, -0.1) is 0 Å². The van der Waals surface area contributed by atoms with Crippen LogP contribution in [0.1, 0.15) is 11.6 Å². The molecular formula is C27H18Cl2N2O3. The molecule has 3 atom stereocenters. The highest BCUT2D eigenvalue weighted by Crippen LogP contribution is 2.49. The summed E-state index contributed by atoms with van der Waals surface area (Å²) in [7, 11) is 0. The first-order valence-electron chi connectivity index (χ1n) is 10.9. The van der Waals surface area contributed by atoms with Crippen molar-refractivity contribution in [3.8, 4) is 0 Å². The number of rotatable bonds is 3. The van der Waals surface area contributed by atoms with E-state index in [2.05, 4.69) is 0 Å². The molecule has 2 fully saturated rings. The minimum absolute atomic E-state index is 0.272. The van der Waals surface area contributed by atoms with Gasteiger partial charge in [0.25, 0.3) is 5.91 Å². The first-order chi connectivity index (χ1) is 16.5. The van der Waals surface area contributed by atoms with Crippen molar-refractivity contribution in [3.05, 3.63) is 107 Å². The van der Waals surface area contributed by atoms with Gasteiger partial charge in [0.05, 0.1) is 27.5 Å². The van der Waals surface area contributed by atoms with Gasteiger partial charge in [-0.25, -0.2) is 9.96 Å². The van der Waals surface area contributed by atoms with E-state index in [0.29, 0.717) is 10.7 Å². The summed E-state index contributed by atoms with van der Waals surface area (Å²) in [6.45, 7) is 0. The third kappa shape index (κ3) is 3.20. The number of imide groups is 1. The third-order valence-corrected chi connectivity index (χ3v) is 7.17. The lowest BCUT2D eigenvalue weighted by Crippen LogP contribution is -2.37. The molecule has 0 radical (unpaired) electrons. The van der Waals surface area contributed by atoms with Crippen LogP contribution in [-0.4, -0.2) is 17.9 Å². The summed E-state index contributed by atoms with van der Waals surface area (Å²) in [6, 6.07) is 27.7. The summed E-state index contributed by atoms with van der Waals surface area (Å²) in [4.78, 5) is 34.7. The van der Waals surface area contributed by atoms with Crippen LogP contribution in [0.2, 0.25) is 10.0 Å². The number of hydrogen-bond donors (Lipinski definition) is 0. The summed E-state index contributed by atoms with van der Waals surface area (Å²) in [6.07, 6.45) is -0.953.